The predicted octanol–water partition coefficient (Wildman–Crippen LogP) is 1.56. The maximum absolute atomic E-state index is 13.2. The third-order valence-electron chi connectivity index (χ3n) is 5.81. The van der Waals surface area contributed by atoms with E-state index < -0.39 is 53.4 Å². The summed E-state index contributed by atoms with van der Waals surface area (Å²) in [4.78, 5) is 62.8. The molecule has 3 amide bonds. The third kappa shape index (κ3) is 8.61. The van der Waals surface area contributed by atoms with Crippen molar-refractivity contribution in [3.63, 3.8) is 0 Å². The van der Waals surface area contributed by atoms with Gasteiger partial charge in [-0.2, -0.15) is 0 Å². The number of hydrogen-bond donors (Lipinski definition) is 3. The van der Waals surface area contributed by atoms with E-state index in [1.165, 1.54) is 21.0 Å². The molecule has 0 fully saturated rings. The Balaban J connectivity index is 5.72. The van der Waals surface area contributed by atoms with Crippen LogP contribution in [0.2, 0.25) is 0 Å². The quantitative estimate of drug-likeness (QED) is 0.356. The molecule has 0 aliphatic carbocycles. The lowest BCUT2D eigenvalue weighted by atomic mass is 9.90. The van der Waals surface area contributed by atoms with Crippen LogP contribution in [0.15, 0.2) is 0 Å². The molecule has 0 aliphatic rings. The number of methoxy groups -OCH3 is 1. The van der Waals surface area contributed by atoms with Gasteiger partial charge in [0.05, 0.1) is 7.11 Å². The molecule has 0 rings (SSSR count). The zero-order valence-electron chi connectivity index (χ0n) is 22.4. The number of ether oxygens (including phenoxy) is 2. The zero-order valence-corrected chi connectivity index (χ0v) is 22.4. The summed E-state index contributed by atoms with van der Waals surface area (Å²) < 4.78 is 10.1. The van der Waals surface area contributed by atoms with Crippen LogP contribution in [0.25, 0.3) is 0 Å². The van der Waals surface area contributed by atoms with Crippen LogP contribution in [0.1, 0.15) is 69.2 Å². The molecule has 0 bridgehead atoms. The summed E-state index contributed by atoms with van der Waals surface area (Å²) in [7, 11) is 1.24. The van der Waals surface area contributed by atoms with E-state index in [0.29, 0.717) is 0 Å². The van der Waals surface area contributed by atoms with Crippen LogP contribution in [0, 0.1) is 23.7 Å². The van der Waals surface area contributed by atoms with Gasteiger partial charge >= 0.3 is 11.9 Å². The van der Waals surface area contributed by atoms with E-state index in [1.807, 2.05) is 0 Å². The van der Waals surface area contributed by atoms with Crippen LogP contribution in [-0.4, -0.2) is 60.5 Å². The van der Waals surface area contributed by atoms with Gasteiger partial charge in [-0.15, -0.1) is 0 Å². The van der Waals surface area contributed by atoms with Crippen LogP contribution in [-0.2, 0) is 33.4 Å². The van der Waals surface area contributed by atoms with Crippen LogP contribution in [0.3, 0.4) is 0 Å². The van der Waals surface area contributed by atoms with Gasteiger partial charge in [0, 0.05) is 12.8 Å². The molecule has 10 heteroatoms. The highest BCUT2D eigenvalue weighted by Crippen LogP contribution is 2.23. The highest BCUT2D eigenvalue weighted by atomic mass is 16.6. The third-order valence-corrected chi connectivity index (χ3v) is 5.81. The van der Waals surface area contributed by atoms with E-state index >= 15 is 0 Å². The summed E-state index contributed by atoms with van der Waals surface area (Å²) in [5.74, 6) is -4.11. The first-order valence-corrected chi connectivity index (χ1v) is 11.7. The Morgan fingerprint density at radius 3 is 1.38 bits per heavy atom. The molecule has 0 radical (unpaired) electrons. The number of nitrogens with one attached hydrogen (secondary N) is 3. The number of rotatable bonds is 12. The van der Waals surface area contributed by atoms with E-state index in [4.69, 9.17) is 9.47 Å². The molecule has 4 atom stereocenters. The number of hydrogen-bond acceptors (Lipinski definition) is 7. The largest absolute Gasteiger partial charge is 0.467 e. The Hall–Kier alpha value is -2.65. The minimum absolute atomic E-state index is 0.224. The van der Waals surface area contributed by atoms with Crippen LogP contribution >= 0.6 is 0 Å². The fourth-order valence-electron chi connectivity index (χ4n) is 3.19. The molecule has 34 heavy (non-hydrogen) atoms. The molecule has 0 aromatic heterocycles. The van der Waals surface area contributed by atoms with Crippen molar-refractivity contribution in [3.05, 3.63) is 0 Å². The van der Waals surface area contributed by atoms with Gasteiger partial charge < -0.3 is 25.4 Å². The van der Waals surface area contributed by atoms with E-state index in [-0.39, 0.29) is 23.7 Å². The van der Waals surface area contributed by atoms with Gasteiger partial charge in [0.1, 0.15) is 18.1 Å². The first kappa shape index (κ1) is 31.4. The van der Waals surface area contributed by atoms with E-state index in [9.17, 15) is 24.0 Å². The molecule has 0 unspecified atom stereocenters. The zero-order chi connectivity index (χ0) is 27.0. The van der Waals surface area contributed by atoms with Crippen LogP contribution in [0.4, 0.5) is 0 Å². The fraction of sp³-hybridized carbons (Fsp3) is 0.792. The van der Waals surface area contributed by atoms with Crippen LogP contribution < -0.4 is 16.0 Å². The Morgan fingerprint density at radius 1 is 0.676 bits per heavy atom. The van der Waals surface area contributed by atoms with Gasteiger partial charge in [0.2, 0.25) is 11.8 Å². The van der Waals surface area contributed by atoms with Crippen molar-refractivity contribution in [3.8, 4) is 0 Å². The second-order valence-electron chi connectivity index (χ2n) is 10.0. The molecule has 0 spiro atoms. The van der Waals surface area contributed by atoms with Crippen molar-refractivity contribution < 1.29 is 33.4 Å². The van der Waals surface area contributed by atoms with Gasteiger partial charge in [-0.3, -0.25) is 19.2 Å². The second kappa shape index (κ2) is 13.3. The summed E-state index contributed by atoms with van der Waals surface area (Å²) >= 11 is 0. The lowest BCUT2D eigenvalue weighted by Gasteiger charge is -2.34. The molecule has 0 saturated carbocycles. The van der Waals surface area contributed by atoms with Crippen molar-refractivity contribution in [1.29, 1.82) is 0 Å². The molecule has 0 aromatic carbocycles. The SMILES string of the molecule is COC(=O)[C@@H](NC(=O)[C@@H](NC(=O)[C@@H](NC(=O)[C@@](C)(OC(C)=O)C(C)C)C(C)C)C(C)C)C(C)C. The summed E-state index contributed by atoms with van der Waals surface area (Å²) in [6.07, 6.45) is 0. The Labute approximate surface area is 203 Å². The maximum atomic E-state index is 13.2. The van der Waals surface area contributed by atoms with E-state index in [1.54, 1.807) is 55.4 Å². The lowest BCUT2D eigenvalue weighted by molar-refractivity contribution is -0.170. The topological polar surface area (TPSA) is 140 Å². The molecule has 3 N–H and O–H groups in total. The summed E-state index contributed by atoms with van der Waals surface area (Å²) in [5.41, 5.74) is -1.47. The normalized spacial score (nSPS) is 15.9. The number of carbonyl (C=O) groups excluding carboxylic acids is 5. The van der Waals surface area contributed by atoms with Crippen molar-refractivity contribution in [2.45, 2.75) is 93.0 Å². The monoisotopic (exact) mass is 485 g/mol. The van der Waals surface area contributed by atoms with Gasteiger partial charge in [-0.05, 0) is 24.7 Å². The molecule has 10 nitrogen and oxygen atoms in total. The molecule has 0 aromatic rings. The van der Waals surface area contributed by atoms with Crippen molar-refractivity contribution in [2.24, 2.45) is 23.7 Å². The molecule has 196 valence electrons. The highest BCUT2D eigenvalue weighted by Gasteiger charge is 2.42. The Kier molecular flexibility index (Phi) is 12.3. The molecule has 0 aliphatic heterocycles. The predicted molar refractivity (Wildman–Crippen MR) is 127 cm³/mol. The van der Waals surface area contributed by atoms with E-state index in [0.717, 1.165) is 0 Å². The maximum Gasteiger partial charge on any atom is 0.328 e. The second-order valence-corrected chi connectivity index (χ2v) is 10.0. The fourth-order valence-corrected chi connectivity index (χ4v) is 3.19. The van der Waals surface area contributed by atoms with Gasteiger partial charge in [0.25, 0.3) is 5.91 Å². The first-order valence-electron chi connectivity index (χ1n) is 11.7. The van der Waals surface area contributed by atoms with E-state index in [2.05, 4.69) is 16.0 Å². The molecular formula is C24H43N3O7. The molecule has 0 heterocycles. The number of carbonyl (C=O) groups is 5. The standard InChI is InChI=1S/C24H43N3O7/c1-12(2)17(20(29)26-19(14(5)6)22(31)33-11)25-21(30)18(13(3)4)27-23(32)24(10,15(7)8)34-16(9)28/h12-15,17-19H,1-11H3,(H,25,30)(H,26,29)(H,27,32)/t17-,18-,19-,24-/m0/s1. The molecule has 0 saturated heterocycles. The Morgan fingerprint density at radius 2 is 1.06 bits per heavy atom. The van der Waals surface area contributed by atoms with Crippen molar-refractivity contribution >= 4 is 29.7 Å². The smallest absolute Gasteiger partial charge is 0.328 e. The summed E-state index contributed by atoms with van der Waals surface area (Å²) in [6.45, 7) is 16.7. The van der Waals surface area contributed by atoms with Gasteiger partial charge in [0.15, 0.2) is 5.60 Å². The van der Waals surface area contributed by atoms with Gasteiger partial charge in [-0.1, -0.05) is 55.4 Å². The summed E-state index contributed by atoms with van der Waals surface area (Å²) in [5, 5.41) is 8.03. The van der Waals surface area contributed by atoms with Gasteiger partial charge in [-0.25, -0.2) is 4.79 Å². The number of esters is 2. The average molecular weight is 486 g/mol. The van der Waals surface area contributed by atoms with Crippen molar-refractivity contribution in [1.82, 2.24) is 16.0 Å². The highest BCUT2D eigenvalue weighted by molar-refractivity contribution is 5.95. The lowest BCUT2D eigenvalue weighted by Crippen LogP contribution is -2.61. The first-order chi connectivity index (χ1) is 15.5. The van der Waals surface area contributed by atoms with Crippen molar-refractivity contribution in [2.75, 3.05) is 7.11 Å². The summed E-state index contributed by atoms with van der Waals surface area (Å²) in [6, 6.07) is -2.81. The Bertz CT molecular complexity index is 749. The average Bonchev–Trinajstić information content (AvgIpc) is 2.71. The minimum atomic E-state index is -1.47. The van der Waals surface area contributed by atoms with Crippen LogP contribution in [0.5, 0.6) is 0 Å². The molecular weight excluding hydrogens is 442 g/mol. The minimum Gasteiger partial charge on any atom is -0.467 e. The number of amides is 3.